The molecule has 0 heterocycles. The summed E-state index contributed by atoms with van der Waals surface area (Å²) in [6.07, 6.45) is 87.8. The van der Waals surface area contributed by atoms with Crippen molar-refractivity contribution in [1.29, 1.82) is 0 Å². The lowest BCUT2D eigenvalue weighted by Gasteiger charge is -2.18. The van der Waals surface area contributed by atoms with Gasteiger partial charge in [-0.15, -0.1) is 0 Å². The second-order valence-electron chi connectivity index (χ2n) is 20.6. The highest BCUT2D eigenvalue weighted by Crippen LogP contribution is 2.15. The van der Waals surface area contributed by atoms with Crippen molar-refractivity contribution < 1.29 is 28.6 Å². The number of carbonyl (C=O) groups excluding carboxylic acids is 3. The smallest absolute Gasteiger partial charge is 0.306 e. The van der Waals surface area contributed by atoms with E-state index in [1.807, 2.05) is 0 Å². The molecule has 0 saturated carbocycles. The zero-order valence-electron chi connectivity index (χ0n) is 49.5. The molecule has 0 amide bonds. The van der Waals surface area contributed by atoms with Gasteiger partial charge in [0.05, 0.1) is 0 Å². The maximum atomic E-state index is 12.9. The largest absolute Gasteiger partial charge is 0.462 e. The first-order valence-electron chi connectivity index (χ1n) is 31.5. The third-order valence-corrected chi connectivity index (χ3v) is 13.2. The molecule has 0 fully saturated rings. The lowest BCUT2D eigenvalue weighted by atomic mass is 10.0. The molecule has 0 aliphatic rings. The van der Waals surface area contributed by atoms with Crippen molar-refractivity contribution in [3.8, 4) is 0 Å². The van der Waals surface area contributed by atoms with E-state index < -0.39 is 6.10 Å². The third kappa shape index (κ3) is 60.7. The van der Waals surface area contributed by atoms with Crippen LogP contribution in [0.2, 0.25) is 0 Å². The predicted octanol–water partition coefficient (Wildman–Crippen LogP) is 21.6. The van der Waals surface area contributed by atoms with Gasteiger partial charge < -0.3 is 14.2 Å². The average molecular weight is 1050 g/mol. The van der Waals surface area contributed by atoms with Crippen molar-refractivity contribution in [2.45, 2.75) is 290 Å². The standard InChI is InChI=1S/C70H116O6/c1-4-7-10-13-16-19-22-25-27-28-29-30-31-32-33-34-35-36-37-38-39-40-41-42-43-46-48-51-54-57-60-63-69(72)75-66-67(65-74-68(71)62-59-56-53-50-47-44-24-21-18-15-12-9-6-3)76-70(73)64-61-58-55-52-49-45-26-23-20-17-14-11-8-5-2/h7,10,12,14-17,19,21,23-27,29-30,32-33,35-36,67H,4-6,8-9,11,13,18,20,22,28,31,34,37-66H2,1-3H3/b10-7-,15-12-,17-14-,19-16-,24-21-,26-23-,27-25-,30-29-,33-32-,36-35-. The summed E-state index contributed by atoms with van der Waals surface area (Å²) < 4.78 is 16.9. The van der Waals surface area contributed by atoms with Crippen molar-refractivity contribution >= 4 is 17.9 Å². The van der Waals surface area contributed by atoms with E-state index in [2.05, 4.69) is 142 Å². The summed E-state index contributed by atoms with van der Waals surface area (Å²) in [4.78, 5) is 38.2. The van der Waals surface area contributed by atoms with Crippen LogP contribution in [-0.2, 0) is 28.6 Å². The Morgan fingerprint density at radius 2 is 0.539 bits per heavy atom. The Labute approximate surface area is 469 Å². The lowest BCUT2D eigenvalue weighted by Crippen LogP contribution is -2.30. The van der Waals surface area contributed by atoms with Gasteiger partial charge in [-0.05, 0) is 122 Å². The fraction of sp³-hybridized carbons (Fsp3) is 0.671. The molecule has 0 N–H and O–H groups in total. The Bertz CT molecular complexity index is 1590. The van der Waals surface area contributed by atoms with Gasteiger partial charge in [0.25, 0.3) is 0 Å². The van der Waals surface area contributed by atoms with Crippen LogP contribution < -0.4 is 0 Å². The van der Waals surface area contributed by atoms with Crippen LogP contribution in [0.3, 0.4) is 0 Å². The summed E-state index contributed by atoms with van der Waals surface area (Å²) in [6.45, 7) is 6.40. The number of hydrogen-bond acceptors (Lipinski definition) is 6. The summed E-state index contributed by atoms with van der Waals surface area (Å²) >= 11 is 0. The van der Waals surface area contributed by atoms with E-state index in [-0.39, 0.29) is 31.1 Å². The lowest BCUT2D eigenvalue weighted by molar-refractivity contribution is -0.167. The summed E-state index contributed by atoms with van der Waals surface area (Å²) in [5.74, 6) is -0.919. The van der Waals surface area contributed by atoms with Gasteiger partial charge in [0.15, 0.2) is 6.10 Å². The van der Waals surface area contributed by atoms with Gasteiger partial charge >= 0.3 is 17.9 Å². The van der Waals surface area contributed by atoms with Gasteiger partial charge in [-0.2, -0.15) is 0 Å². The Morgan fingerprint density at radius 3 is 0.855 bits per heavy atom. The molecule has 1 atom stereocenters. The monoisotopic (exact) mass is 1050 g/mol. The fourth-order valence-corrected chi connectivity index (χ4v) is 8.44. The van der Waals surface area contributed by atoms with E-state index in [4.69, 9.17) is 14.2 Å². The molecule has 6 heteroatoms. The van der Waals surface area contributed by atoms with E-state index in [9.17, 15) is 14.4 Å². The molecule has 1 unspecified atom stereocenters. The van der Waals surface area contributed by atoms with E-state index in [1.54, 1.807) is 0 Å². The first-order chi connectivity index (χ1) is 37.5. The van der Waals surface area contributed by atoms with Crippen molar-refractivity contribution in [2.24, 2.45) is 0 Å². The molecule has 0 rings (SSSR count). The molecule has 0 aromatic carbocycles. The van der Waals surface area contributed by atoms with Crippen LogP contribution in [0, 0.1) is 0 Å². The predicted molar refractivity (Wildman–Crippen MR) is 330 cm³/mol. The summed E-state index contributed by atoms with van der Waals surface area (Å²) in [5, 5.41) is 0. The van der Waals surface area contributed by atoms with Crippen molar-refractivity contribution in [1.82, 2.24) is 0 Å². The Kier molecular flexibility index (Phi) is 59.9. The van der Waals surface area contributed by atoms with Crippen LogP contribution in [0.1, 0.15) is 284 Å². The van der Waals surface area contributed by atoms with Crippen molar-refractivity contribution in [2.75, 3.05) is 13.2 Å². The van der Waals surface area contributed by atoms with Gasteiger partial charge in [-0.3, -0.25) is 14.4 Å². The average Bonchev–Trinajstić information content (AvgIpc) is 3.42. The minimum atomic E-state index is -0.794. The van der Waals surface area contributed by atoms with Crippen LogP contribution in [0.15, 0.2) is 122 Å². The topological polar surface area (TPSA) is 78.9 Å². The zero-order chi connectivity index (χ0) is 55.0. The SMILES string of the molecule is CC/C=C\C/C=C\C/C=C\C/C=C\C/C=C\C/C=C\CCCCCCCCCCCCCCC(=O)OCC(COC(=O)CCCCCCC/C=C\C/C=C\CCC)OC(=O)CCCCCCC/C=C\C/C=C\CCCC. The van der Waals surface area contributed by atoms with Crippen LogP contribution >= 0.6 is 0 Å². The van der Waals surface area contributed by atoms with Gasteiger partial charge in [0.1, 0.15) is 13.2 Å². The summed E-state index contributed by atoms with van der Waals surface area (Å²) in [5.41, 5.74) is 0. The first-order valence-corrected chi connectivity index (χ1v) is 31.5. The van der Waals surface area contributed by atoms with Gasteiger partial charge in [-0.25, -0.2) is 0 Å². The van der Waals surface area contributed by atoms with E-state index in [1.165, 1.54) is 89.9 Å². The van der Waals surface area contributed by atoms with Gasteiger partial charge in [0.2, 0.25) is 0 Å². The molecule has 0 saturated heterocycles. The van der Waals surface area contributed by atoms with Gasteiger partial charge in [-0.1, -0.05) is 264 Å². The minimum absolute atomic E-state index is 0.0904. The fourth-order valence-electron chi connectivity index (χ4n) is 8.44. The first kappa shape index (κ1) is 71.8. The molecule has 76 heavy (non-hydrogen) atoms. The van der Waals surface area contributed by atoms with E-state index in [0.29, 0.717) is 19.3 Å². The Morgan fingerprint density at radius 1 is 0.276 bits per heavy atom. The highest BCUT2D eigenvalue weighted by atomic mass is 16.6. The normalized spacial score (nSPS) is 12.9. The summed E-state index contributed by atoms with van der Waals surface area (Å²) in [6, 6.07) is 0. The second kappa shape index (κ2) is 63.3. The second-order valence-corrected chi connectivity index (χ2v) is 20.6. The third-order valence-electron chi connectivity index (χ3n) is 13.2. The van der Waals surface area contributed by atoms with Crippen LogP contribution in [0.5, 0.6) is 0 Å². The number of allylic oxidation sites excluding steroid dienone is 20. The molecule has 0 aliphatic heterocycles. The van der Waals surface area contributed by atoms with E-state index in [0.717, 1.165) is 154 Å². The highest BCUT2D eigenvalue weighted by molar-refractivity contribution is 5.71. The van der Waals surface area contributed by atoms with Gasteiger partial charge in [0, 0.05) is 19.3 Å². The number of rotatable bonds is 56. The molecule has 0 spiro atoms. The number of esters is 3. The van der Waals surface area contributed by atoms with Crippen molar-refractivity contribution in [3.63, 3.8) is 0 Å². The van der Waals surface area contributed by atoms with Crippen LogP contribution in [-0.4, -0.2) is 37.2 Å². The molecule has 0 aliphatic carbocycles. The number of hydrogen-bond donors (Lipinski definition) is 0. The maximum absolute atomic E-state index is 12.9. The van der Waals surface area contributed by atoms with E-state index >= 15 is 0 Å². The highest BCUT2D eigenvalue weighted by Gasteiger charge is 2.19. The number of unbranched alkanes of at least 4 members (excludes halogenated alkanes) is 25. The molecule has 432 valence electrons. The number of ether oxygens (including phenoxy) is 3. The minimum Gasteiger partial charge on any atom is -0.462 e. The molecule has 6 nitrogen and oxygen atoms in total. The molecular formula is C70H116O6. The zero-order valence-corrected chi connectivity index (χ0v) is 49.5. The number of carbonyl (C=O) groups is 3. The molecule has 0 bridgehead atoms. The maximum Gasteiger partial charge on any atom is 0.306 e. The van der Waals surface area contributed by atoms with Crippen molar-refractivity contribution in [3.05, 3.63) is 122 Å². The molecule has 0 radical (unpaired) electrons. The van der Waals surface area contributed by atoms with Crippen LogP contribution in [0.4, 0.5) is 0 Å². The Hall–Kier alpha value is -4.19. The molecular weight excluding hydrogens is 937 g/mol. The summed E-state index contributed by atoms with van der Waals surface area (Å²) in [7, 11) is 0. The quantitative estimate of drug-likeness (QED) is 0.0261. The van der Waals surface area contributed by atoms with Crippen LogP contribution in [0.25, 0.3) is 0 Å². The molecule has 0 aromatic heterocycles. The Balaban J connectivity index is 4.24. The molecule has 0 aromatic rings.